The van der Waals surface area contributed by atoms with Crippen LogP contribution in [0.2, 0.25) is 0 Å². The van der Waals surface area contributed by atoms with Crippen molar-refractivity contribution in [2.75, 3.05) is 13.7 Å². The Morgan fingerprint density at radius 1 is 1.32 bits per heavy atom. The normalized spacial score (nSPS) is 10.5. The van der Waals surface area contributed by atoms with Crippen molar-refractivity contribution < 1.29 is 14.3 Å². The Hall–Kier alpha value is -2.10. The van der Waals surface area contributed by atoms with E-state index in [9.17, 15) is 4.79 Å². The minimum atomic E-state index is -0.256. The van der Waals surface area contributed by atoms with Crippen LogP contribution in [0.4, 0.5) is 0 Å². The zero-order valence-corrected chi connectivity index (χ0v) is 11.4. The molecule has 1 heterocycles. The first kappa shape index (κ1) is 13.3. The van der Waals surface area contributed by atoms with Crippen molar-refractivity contribution in [3.05, 3.63) is 35.5 Å². The van der Waals surface area contributed by atoms with Gasteiger partial charge in [0.1, 0.15) is 5.75 Å². The first-order valence-corrected chi connectivity index (χ1v) is 6.24. The molecule has 4 heteroatoms. The molecule has 0 aliphatic carbocycles. The molecule has 0 unspecified atom stereocenters. The van der Waals surface area contributed by atoms with Crippen LogP contribution in [0.1, 0.15) is 18.2 Å². The van der Waals surface area contributed by atoms with Gasteiger partial charge in [-0.25, -0.2) is 0 Å². The molecule has 0 fully saturated rings. The number of hydrogen-bond acceptors (Lipinski definition) is 4. The van der Waals surface area contributed by atoms with Crippen LogP contribution in [0.3, 0.4) is 0 Å². The summed E-state index contributed by atoms with van der Waals surface area (Å²) in [5.74, 6) is 0.528. The van der Waals surface area contributed by atoms with E-state index < -0.39 is 0 Å². The Morgan fingerprint density at radius 3 is 2.79 bits per heavy atom. The second-order valence-corrected chi connectivity index (χ2v) is 4.29. The smallest absolute Gasteiger partial charge is 0.310 e. The summed E-state index contributed by atoms with van der Waals surface area (Å²) in [6.45, 7) is 4.46. The maximum Gasteiger partial charge on any atom is 0.310 e. The number of ether oxygens (including phenoxy) is 2. The molecule has 0 atom stereocenters. The van der Waals surface area contributed by atoms with Gasteiger partial charge in [-0.3, -0.25) is 9.78 Å². The Bertz CT molecular complexity index is 608. The highest BCUT2D eigenvalue weighted by Crippen LogP contribution is 2.24. The summed E-state index contributed by atoms with van der Waals surface area (Å²) >= 11 is 0. The van der Waals surface area contributed by atoms with Crippen molar-refractivity contribution in [3.8, 4) is 5.75 Å². The molecule has 0 N–H and O–H groups in total. The minimum absolute atomic E-state index is 0.242. The van der Waals surface area contributed by atoms with Crippen molar-refractivity contribution in [3.63, 3.8) is 0 Å². The number of carbonyl (C=O) groups excluding carboxylic acids is 1. The molecule has 100 valence electrons. The van der Waals surface area contributed by atoms with E-state index in [-0.39, 0.29) is 12.4 Å². The number of aryl methyl sites for hydroxylation is 1. The molecular formula is C15H17NO3. The highest BCUT2D eigenvalue weighted by atomic mass is 16.5. The Kier molecular flexibility index (Phi) is 4.00. The van der Waals surface area contributed by atoms with Crippen LogP contribution in [0, 0.1) is 6.92 Å². The number of esters is 1. The Labute approximate surface area is 112 Å². The zero-order chi connectivity index (χ0) is 13.8. The molecule has 0 saturated carbocycles. The van der Waals surface area contributed by atoms with E-state index in [1.165, 1.54) is 7.11 Å². The third-order valence-corrected chi connectivity index (χ3v) is 2.87. The number of methoxy groups -OCH3 is 1. The molecule has 0 aliphatic heterocycles. The van der Waals surface area contributed by atoms with Gasteiger partial charge in [0, 0.05) is 11.1 Å². The molecule has 19 heavy (non-hydrogen) atoms. The van der Waals surface area contributed by atoms with Gasteiger partial charge in [0.05, 0.1) is 25.7 Å². The minimum Gasteiger partial charge on any atom is -0.494 e. The van der Waals surface area contributed by atoms with Gasteiger partial charge in [0.25, 0.3) is 0 Å². The maximum absolute atomic E-state index is 11.5. The number of carbonyl (C=O) groups is 1. The van der Waals surface area contributed by atoms with Crippen molar-refractivity contribution in [1.82, 2.24) is 4.98 Å². The molecular weight excluding hydrogens is 242 g/mol. The molecule has 4 nitrogen and oxygen atoms in total. The fourth-order valence-corrected chi connectivity index (χ4v) is 2.05. The highest BCUT2D eigenvalue weighted by Gasteiger charge is 2.10. The summed E-state index contributed by atoms with van der Waals surface area (Å²) in [6, 6.07) is 7.63. The SMILES string of the molecule is CCOc1ccc2nc(C)cc(CC(=O)OC)c2c1. The summed E-state index contributed by atoms with van der Waals surface area (Å²) in [6.07, 6.45) is 0.242. The summed E-state index contributed by atoms with van der Waals surface area (Å²) in [7, 11) is 1.39. The van der Waals surface area contributed by atoms with E-state index in [4.69, 9.17) is 9.47 Å². The third-order valence-electron chi connectivity index (χ3n) is 2.87. The lowest BCUT2D eigenvalue weighted by Gasteiger charge is -2.09. The Balaban J connectivity index is 2.52. The first-order chi connectivity index (χ1) is 9.13. The second-order valence-electron chi connectivity index (χ2n) is 4.29. The molecule has 1 aromatic carbocycles. The largest absolute Gasteiger partial charge is 0.494 e. The zero-order valence-electron chi connectivity index (χ0n) is 11.4. The Morgan fingerprint density at radius 2 is 2.11 bits per heavy atom. The van der Waals surface area contributed by atoms with Gasteiger partial charge in [-0.2, -0.15) is 0 Å². The average molecular weight is 259 g/mol. The average Bonchev–Trinajstić information content (AvgIpc) is 2.39. The van der Waals surface area contributed by atoms with E-state index >= 15 is 0 Å². The summed E-state index contributed by atoms with van der Waals surface area (Å²) < 4.78 is 10.2. The molecule has 0 saturated heterocycles. The quantitative estimate of drug-likeness (QED) is 0.792. The van der Waals surface area contributed by atoms with Gasteiger partial charge < -0.3 is 9.47 Å². The fraction of sp³-hybridized carbons (Fsp3) is 0.333. The van der Waals surface area contributed by atoms with Crippen LogP contribution in [0.5, 0.6) is 5.75 Å². The van der Waals surface area contributed by atoms with Crippen LogP contribution in [0.25, 0.3) is 10.9 Å². The van der Waals surface area contributed by atoms with E-state index in [0.29, 0.717) is 6.61 Å². The van der Waals surface area contributed by atoms with E-state index in [2.05, 4.69) is 4.98 Å². The predicted molar refractivity (Wildman–Crippen MR) is 73.4 cm³/mol. The molecule has 2 aromatic rings. The van der Waals surface area contributed by atoms with Gasteiger partial charge in [-0.15, -0.1) is 0 Å². The van der Waals surface area contributed by atoms with Crippen molar-refractivity contribution in [2.24, 2.45) is 0 Å². The van der Waals surface area contributed by atoms with Crippen LogP contribution in [0.15, 0.2) is 24.3 Å². The number of fused-ring (bicyclic) bond motifs is 1. The first-order valence-electron chi connectivity index (χ1n) is 6.24. The van der Waals surface area contributed by atoms with Crippen LogP contribution < -0.4 is 4.74 Å². The lowest BCUT2D eigenvalue weighted by molar-refractivity contribution is -0.139. The predicted octanol–water partition coefficient (Wildman–Crippen LogP) is 2.66. The third kappa shape index (κ3) is 3.02. The van der Waals surface area contributed by atoms with Crippen LogP contribution in [-0.2, 0) is 16.0 Å². The van der Waals surface area contributed by atoms with E-state index in [1.54, 1.807) is 0 Å². The summed E-state index contributed by atoms with van der Waals surface area (Å²) in [4.78, 5) is 15.9. The standard InChI is InChI=1S/C15H17NO3/c1-4-19-12-5-6-14-13(9-12)11(7-10(2)16-14)8-15(17)18-3/h5-7,9H,4,8H2,1-3H3. The fourth-order valence-electron chi connectivity index (χ4n) is 2.05. The number of benzene rings is 1. The molecule has 1 aromatic heterocycles. The maximum atomic E-state index is 11.5. The molecule has 0 radical (unpaired) electrons. The number of rotatable bonds is 4. The van der Waals surface area contributed by atoms with Gasteiger partial charge in [-0.05, 0) is 43.7 Å². The van der Waals surface area contributed by atoms with Gasteiger partial charge in [0.2, 0.25) is 0 Å². The second kappa shape index (κ2) is 5.69. The van der Waals surface area contributed by atoms with E-state index in [0.717, 1.165) is 27.9 Å². The topological polar surface area (TPSA) is 48.4 Å². The van der Waals surface area contributed by atoms with Crippen molar-refractivity contribution >= 4 is 16.9 Å². The lowest BCUT2D eigenvalue weighted by Crippen LogP contribution is -2.06. The highest BCUT2D eigenvalue weighted by molar-refractivity contribution is 5.87. The monoisotopic (exact) mass is 259 g/mol. The number of aromatic nitrogens is 1. The van der Waals surface area contributed by atoms with Crippen LogP contribution in [-0.4, -0.2) is 24.7 Å². The lowest BCUT2D eigenvalue weighted by atomic mass is 10.0. The van der Waals surface area contributed by atoms with E-state index in [1.807, 2.05) is 38.1 Å². The molecule has 2 rings (SSSR count). The molecule has 0 bridgehead atoms. The van der Waals surface area contributed by atoms with Gasteiger partial charge in [-0.1, -0.05) is 0 Å². The van der Waals surface area contributed by atoms with Crippen LogP contribution >= 0.6 is 0 Å². The number of hydrogen-bond donors (Lipinski definition) is 0. The number of nitrogens with zero attached hydrogens (tertiary/aromatic N) is 1. The molecule has 0 aliphatic rings. The molecule has 0 amide bonds. The van der Waals surface area contributed by atoms with Gasteiger partial charge in [0.15, 0.2) is 0 Å². The van der Waals surface area contributed by atoms with Gasteiger partial charge >= 0.3 is 5.97 Å². The molecule has 0 spiro atoms. The summed E-state index contributed by atoms with van der Waals surface area (Å²) in [5, 5.41) is 0.932. The van der Waals surface area contributed by atoms with Crippen molar-refractivity contribution in [1.29, 1.82) is 0 Å². The van der Waals surface area contributed by atoms with Crippen molar-refractivity contribution in [2.45, 2.75) is 20.3 Å². The summed E-state index contributed by atoms with van der Waals surface area (Å²) in [5.41, 5.74) is 2.66. The number of pyridine rings is 1.